The first-order valence-electron chi connectivity index (χ1n) is 8.82. The number of hydrogen-bond acceptors (Lipinski definition) is 4. The molecular formula is C20H22ClN3O3. The van der Waals surface area contributed by atoms with Crippen molar-refractivity contribution in [2.75, 3.05) is 7.11 Å². The van der Waals surface area contributed by atoms with E-state index in [-0.39, 0.29) is 11.1 Å². The van der Waals surface area contributed by atoms with Crippen molar-refractivity contribution in [3.05, 3.63) is 63.2 Å². The van der Waals surface area contributed by atoms with E-state index < -0.39 is 5.97 Å². The lowest BCUT2D eigenvalue weighted by atomic mass is 9.86. The van der Waals surface area contributed by atoms with Crippen LogP contribution in [0.15, 0.2) is 41.5 Å². The molecule has 142 valence electrons. The van der Waals surface area contributed by atoms with E-state index in [1.165, 1.54) is 12.7 Å². The van der Waals surface area contributed by atoms with E-state index in [4.69, 9.17) is 16.3 Å². The first kappa shape index (κ1) is 19.2. The number of rotatable bonds is 6. The molecule has 0 aliphatic carbocycles. The topological polar surface area (TPSA) is 77.0 Å². The number of methoxy groups -OCH3 is 1. The predicted octanol–water partition coefficient (Wildman–Crippen LogP) is 3.95. The Morgan fingerprint density at radius 1 is 1.26 bits per heavy atom. The Balaban J connectivity index is 1.90. The minimum Gasteiger partial charge on any atom is -0.465 e. The van der Waals surface area contributed by atoms with Crippen LogP contribution < -0.4 is 5.56 Å². The number of nitrogens with one attached hydrogen (secondary N) is 1. The quantitative estimate of drug-likeness (QED) is 0.650. The number of aromatic amines is 1. The van der Waals surface area contributed by atoms with Gasteiger partial charge in [-0.2, -0.15) is 5.10 Å². The van der Waals surface area contributed by atoms with Crippen LogP contribution in [0.25, 0.3) is 11.3 Å². The number of fused-ring (bicyclic) bond motifs is 1. The minimum absolute atomic E-state index is 0.279. The van der Waals surface area contributed by atoms with Crippen molar-refractivity contribution in [1.29, 1.82) is 0 Å². The maximum Gasteiger partial charge on any atom is 0.341 e. The second-order valence-electron chi connectivity index (χ2n) is 6.91. The molecule has 27 heavy (non-hydrogen) atoms. The van der Waals surface area contributed by atoms with Crippen LogP contribution in [0.3, 0.4) is 0 Å². The van der Waals surface area contributed by atoms with Crippen LogP contribution in [-0.4, -0.2) is 27.8 Å². The lowest BCUT2D eigenvalue weighted by Crippen LogP contribution is -2.15. The fourth-order valence-electron chi connectivity index (χ4n) is 3.36. The van der Waals surface area contributed by atoms with Crippen LogP contribution in [0.2, 0.25) is 5.02 Å². The molecule has 2 aliphatic rings. The number of hydrogen-bond donors (Lipinski definition) is 1. The summed E-state index contributed by atoms with van der Waals surface area (Å²) in [5.74, 6) is 0.238. The number of halogens is 1. The molecule has 2 heterocycles. The smallest absolute Gasteiger partial charge is 0.341 e. The minimum atomic E-state index is -0.515. The van der Waals surface area contributed by atoms with Crippen LogP contribution >= 0.6 is 11.6 Å². The Kier molecular flexibility index (Phi) is 5.65. The van der Waals surface area contributed by atoms with E-state index >= 15 is 0 Å². The number of ether oxygens (including phenoxy) is 1. The van der Waals surface area contributed by atoms with Gasteiger partial charge in [0.1, 0.15) is 11.3 Å². The van der Waals surface area contributed by atoms with Gasteiger partial charge in [-0.3, -0.25) is 4.79 Å². The van der Waals surface area contributed by atoms with Crippen LogP contribution in [0.5, 0.6) is 0 Å². The van der Waals surface area contributed by atoms with Crippen molar-refractivity contribution in [1.82, 2.24) is 14.8 Å². The first-order valence-corrected chi connectivity index (χ1v) is 9.20. The summed E-state index contributed by atoms with van der Waals surface area (Å²) in [6, 6.07) is 7.89. The maximum atomic E-state index is 12.1. The fourth-order valence-corrected chi connectivity index (χ4v) is 3.49. The number of carbonyl (C=O) groups is 1. The molecule has 0 saturated heterocycles. The second-order valence-corrected chi connectivity index (χ2v) is 7.34. The molecule has 1 aromatic carbocycles. The van der Waals surface area contributed by atoms with Crippen molar-refractivity contribution >= 4 is 17.6 Å². The van der Waals surface area contributed by atoms with Crippen LogP contribution in [0.4, 0.5) is 0 Å². The standard InChI is InChI=1S/C20H22ClN3O3/c1-12(2)15(13-4-6-14(21)7-5-13)8-9-24-10-16-18(22-23-19(16)25)17(11-24)20(26)27-3/h4-7,10-12,15H,8-9H2,1-3H3,(H,23,25). The molecule has 0 aromatic heterocycles. The van der Waals surface area contributed by atoms with Gasteiger partial charge < -0.3 is 9.30 Å². The van der Waals surface area contributed by atoms with E-state index in [0.717, 1.165) is 6.42 Å². The molecule has 0 radical (unpaired) electrons. The van der Waals surface area contributed by atoms with Gasteiger partial charge in [-0.05, 0) is 36.0 Å². The molecule has 1 atom stereocenters. The highest BCUT2D eigenvalue weighted by molar-refractivity contribution is 6.30. The van der Waals surface area contributed by atoms with Crippen LogP contribution in [0, 0.1) is 5.92 Å². The number of nitrogens with zero attached hydrogens (tertiary/aromatic N) is 2. The number of benzene rings is 1. The Morgan fingerprint density at radius 3 is 2.59 bits per heavy atom. The zero-order valence-corrected chi connectivity index (χ0v) is 16.3. The Hall–Kier alpha value is -2.60. The third kappa shape index (κ3) is 4.06. The van der Waals surface area contributed by atoms with Gasteiger partial charge in [-0.25, -0.2) is 9.89 Å². The summed E-state index contributed by atoms with van der Waals surface area (Å²) in [4.78, 5) is 24.1. The largest absolute Gasteiger partial charge is 0.465 e. The summed E-state index contributed by atoms with van der Waals surface area (Å²) < 4.78 is 6.69. The maximum absolute atomic E-state index is 12.1. The molecule has 0 fully saturated rings. The number of H-pyrrole nitrogens is 1. The number of aromatic nitrogens is 3. The summed E-state index contributed by atoms with van der Waals surface area (Å²) >= 11 is 6.00. The fraction of sp³-hybridized carbons (Fsp3) is 0.350. The van der Waals surface area contributed by atoms with Crippen LogP contribution in [0.1, 0.15) is 42.1 Å². The zero-order valence-electron chi connectivity index (χ0n) is 15.5. The molecule has 3 rings (SSSR count). The molecule has 2 aliphatic heterocycles. The summed E-state index contributed by atoms with van der Waals surface area (Å²) in [6.45, 7) is 5.01. The van der Waals surface area contributed by atoms with Crippen molar-refractivity contribution in [3.63, 3.8) is 0 Å². The third-order valence-corrected chi connectivity index (χ3v) is 5.07. The van der Waals surface area contributed by atoms with Gasteiger partial charge in [0.15, 0.2) is 0 Å². The molecule has 0 spiro atoms. The zero-order chi connectivity index (χ0) is 19.6. The Morgan fingerprint density at radius 2 is 1.96 bits per heavy atom. The average Bonchev–Trinajstić information content (AvgIpc) is 3.03. The number of pyridine rings is 1. The van der Waals surface area contributed by atoms with E-state index in [2.05, 4.69) is 24.0 Å². The van der Waals surface area contributed by atoms with E-state index in [9.17, 15) is 9.59 Å². The Bertz CT molecular complexity index is 959. The molecule has 0 bridgehead atoms. The number of aryl methyl sites for hydroxylation is 1. The molecule has 1 aromatic rings. The molecular weight excluding hydrogens is 366 g/mol. The normalized spacial score (nSPS) is 12.5. The van der Waals surface area contributed by atoms with E-state index in [0.29, 0.717) is 34.7 Å². The highest BCUT2D eigenvalue weighted by Crippen LogP contribution is 2.30. The molecule has 7 heteroatoms. The van der Waals surface area contributed by atoms with Gasteiger partial charge in [-0.1, -0.05) is 37.6 Å². The second kappa shape index (κ2) is 7.96. The van der Waals surface area contributed by atoms with Crippen molar-refractivity contribution in [2.24, 2.45) is 5.92 Å². The summed E-state index contributed by atoms with van der Waals surface area (Å²) in [6.07, 6.45) is 4.27. The van der Waals surface area contributed by atoms with Crippen molar-refractivity contribution < 1.29 is 9.53 Å². The SMILES string of the molecule is COC(=O)c1cn(CCC(c2ccc(Cl)cc2)C(C)C)cc2c(=O)[nH]nc1-2. The third-order valence-electron chi connectivity index (χ3n) is 4.82. The number of carbonyl (C=O) groups excluding carboxylic acids is 1. The van der Waals surface area contributed by atoms with Crippen LogP contribution in [-0.2, 0) is 11.3 Å². The molecule has 0 saturated carbocycles. The molecule has 1 unspecified atom stereocenters. The highest BCUT2D eigenvalue weighted by atomic mass is 35.5. The molecule has 6 nitrogen and oxygen atoms in total. The van der Waals surface area contributed by atoms with Gasteiger partial charge >= 0.3 is 5.97 Å². The van der Waals surface area contributed by atoms with Crippen molar-refractivity contribution in [2.45, 2.75) is 32.7 Å². The van der Waals surface area contributed by atoms with Gasteiger partial charge in [0.05, 0.1) is 12.7 Å². The van der Waals surface area contributed by atoms with Gasteiger partial charge in [0, 0.05) is 24.0 Å². The average molecular weight is 388 g/mol. The summed E-state index contributed by atoms with van der Waals surface area (Å²) in [5, 5.41) is 7.06. The molecule has 1 N–H and O–H groups in total. The lowest BCUT2D eigenvalue weighted by molar-refractivity contribution is 0.0600. The monoisotopic (exact) mass is 387 g/mol. The van der Waals surface area contributed by atoms with E-state index in [1.54, 1.807) is 12.4 Å². The summed E-state index contributed by atoms with van der Waals surface area (Å²) in [5.41, 5.74) is 1.90. The van der Waals surface area contributed by atoms with Gasteiger partial charge in [0.25, 0.3) is 5.56 Å². The predicted molar refractivity (Wildman–Crippen MR) is 104 cm³/mol. The van der Waals surface area contributed by atoms with Gasteiger partial charge in [-0.15, -0.1) is 0 Å². The van der Waals surface area contributed by atoms with E-state index in [1.807, 2.05) is 28.8 Å². The Labute approximate surface area is 162 Å². The van der Waals surface area contributed by atoms with Crippen molar-refractivity contribution in [3.8, 4) is 11.3 Å². The highest BCUT2D eigenvalue weighted by Gasteiger charge is 2.22. The first-order chi connectivity index (χ1) is 12.9. The molecule has 0 amide bonds. The number of esters is 1. The van der Waals surface area contributed by atoms with Gasteiger partial charge in [0.2, 0.25) is 0 Å². The lowest BCUT2D eigenvalue weighted by Gasteiger charge is -2.22. The summed E-state index contributed by atoms with van der Waals surface area (Å²) in [7, 11) is 1.31.